The van der Waals surface area contributed by atoms with E-state index in [0.29, 0.717) is 0 Å². The van der Waals surface area contributed by atoms with E-state index in [2.05, 4.69) is 22.6 Å². The molecule has 0 aromatic heterocycles. The maximum atomic E-state index is 4.90. The Morgan fingerprint density at radius 1 is 1.86 bits per heavy atom. The minimum Gasteiger partial charge on any atom is -0.501 e. The molecular weight excluding hydrogens is 203 g/mol. The van der Waals surface area contributed by atoms with Gasteiger partial charge >= 0.3 is 0 Å². The first kappa shape index (κ1) is 7.27. The average molecular weight is 212 g/mol. The zero-order valence-corrected chi connectivity index (χ0v) is 6.73. The fraction of sp³-hybridized carbons (Fsp3) is 0.600. The Balaban J connectivity index is 3.38. The first-order valence-electron chi connectivity index (χ1n) is 2.10. The molecule has 0 saturated carbocycles. The molecule has 0 saturated heterocycles. The largest absolute Gasteiger partial charge is 0.501 e. The molecule has 0 bridgehead atoms. The number of ether oxygens (including phenoxy) is 1. The number of rotatable bonds is 2. The molecule has 7 heavy (non-hydrogen) atoms. The topological polar surface area (TPSA) is 9.23 Å². The highest BCUT2D eigenvalue weighted by molar-refractivity contribution is 14.1. The van der Waals surface area contributed by atoms with Crippen LogP contribution in [-0.4, -0.2) is 11.5 Å². The van der Waals surface area contributed by atoms with Crippen LogP contribution in [0, 0.1) is 0 Å². The Bertz CT molecular complexity index is 62.5. The summed E-state index contributed by atoms with van der Waals surface area (Å²) in [5, 5.41) is 0. The van der Waals surface area contributed by atoms with Crippen molar-refractivity contribution in [2.24, 2.45) is 0 Å². The molecule has 2 heteroatoms. The van der Waals surface area contributed by atoms with Crippen LogP contribution in [0.15, 0.2) is 11.8 Å². The first-order chi connectivity index (χ1) is 3.35. The molecule has 0 rings (SSSR count). The predicted octanol–water partition coefficient (Wildman–Crippen LogP) is 1.97. The van der Waals surface area contributed by atoms with E-state index in [9.17, 15) is 0 Å². The lowest BCUT2D eigenvalue weighted by molar-refractivity contribution is 0.296. The molecule has 0 aliphatic carbocycles. The van der Waals surface area contributed by atoms with E-state index in [1.54, 1.807) is 7.11 Å². The summed E-state index contributed by atoms with van der Waals surface area (Å²) >= 11 is 2.26. The molecule has 0 spiro atoms. The Labute approximate surface area is 57.9 Å². The minimum absolute atomic E-state index is 0.963. The van der Waals surface area contributed by atoms with Gasteiger partial charge in [-0.1, -0.05) is 22.6 Å². The normalized spacial score (nSPS) is 11.6. The highest BCUT2D eigenvalue weighted by atomic mass is 127. The second kappa shape index (κ2) is 4.43. The smallest absolute Gasteiger partial charge is 0.101 e. The summed E-state index contributed by atoms with van der Waals surface area (Å²) in [6, 6.07) is 0. The van der Waals surface area contributed by atoms with Gasteiger partial charge in [0.25, 0.3) is 0 Å². The van der Waals surface area contributed by atoms with Crippen molar-refractivity contribution in [3.05, 3.63) is 11.8 Å². The van der Waals surface area contributed by atoms with Crippen molar-refractivity contribution in [3.8, 4) is 0 Å². The maximum absolute atomic E-state index is 4.90. The summed E-state index contributed by atoms with van der Waals surface area (Å²) in [5.41, 5.74) is 0. The third kappa shape index (κ3) is 2.91. The van der Waals surface area contributed by atoms with Crippen LogP contribution in [0.5, 0.6) is 0 Å². The molecule has 0 radical (unpaired) electrons. The van der Waals surface area contributed by atoms with Crippen LogP contribution in [0.2, 0.25) is 0 Å². The molecule has 42 valence electrons. The van der Waals surface area contributed by atoms with Crippen molar-refractivity contribution in [1.82, 2.24) is 0 Å². The molecule has 1 nitrogen and oxygen atoms in total. The number of hydrogen-bond donors (Lipinski definition) is 0. The lowest BCUT2D eigenvalue weighted by atomic mass is 10.5. The van der Waals surface area contributed by atoms with Crippen molar-refractivity contribution in [1.29, 1.82) is 0 Å². The molecule has 0 amide bonds. The number of alkyl halides is 1. The van der Waals surface area contributed by atoms with E-state index < -0.39 is 0 Å². The van der Waals surface area contributed by atoms with Gasteiger partial charge in [0.05, 0.1) is 11.5 Å². The summed E-state index contributed by atoms with van der Waals surface area (Å²) in [7, 11) is 1.69. The zero-order valence-electron chi connectivity index (χ0n) is 4.57. The number of halogens is 1. The van der Waals surface area contributed by atoms with Gasteiger partial charge in [0.1, 0.15) is 5.76 Å². The Hall–Kier alpha value is 0.270. The van der Waals surface area contributed by atoms with E-state index in [1.807, 2.05) is 13.0 Å². The molecule has 0 aliphatic heterocycles. The minimum atomic E-state index is 0.963. The second-order valence-corrected chi connectivity index (χ2v) is 1.86. The van der Waals surface area contributed by atoms with Crippen molar-refractivity contribution in [3.63, 3.8) is 0 Å². The van der Waals surface area contributed by atoms with E-state index in [4.69, 9.17) is 4.74 Å². The first-order valence-corrected chi connectivity index (χ1v) is 3.62. The van der Waals surface area contributed by atoms with Crippen LogP contribution in [0.4, 0.5) is 0 Å². The highest BCUT2D eigenvalue weighted by Gasteiger charge is 1.84. The highest BCUT2D eigenvalue weighted by Crippen LogP contribution is 1.98. The molecule has 0 aromatic rings. The van der Waals surface area contributed by atoms with Gasteiger partial charge in [-0.3, -0.25) is 0 Å². The Morgan fingerprint density at radius 2 is 2.43 bits per heavy atom. The zero-order chi connectivity index (χ0) is 5.70. The van der Waals surface area contributed by atoms with Gasteiger partial charge in [0.2, 0.25) is 0 Å². The third-order valence-corrected chi connectivity index (χ3v) is 1.47. The number of allylic oxidation sites excluding steroid dienone is 2. The average Bonchev–Trinajstić information content (AvgIpc) is 1.72. The molecule has 0 atom stereocenters. The van der Waals surface area contributed by atoms with Crippen molar-refractivity contribution < 1.29 is 4.74 Å². The molecule has 0 fully saturated rings. The standard InChI is InChI=1S/C5H9IO/c1-3-5(4-6)7-2/h3H,4H2,1-2H3/b5-3-. The van der Waals surface area contributed by atoms with Crippen molar-refractivity contribution >= 4 is 22.6 Å². The van der Waals surface area contributed by atoms with Crippen LogP contribution in [-0.2, 0) is 4.74 Å². The summed E-state index contributed by atoms with van der Waals surface area (Å²) in [6.45, 7) is 1.97. The van der Waals surface area contributed by atoms with Gasteiger partial charge in [-0.2, -0.15) is 0 Å². The predicted molar refractivity (Wildman–Crippen MR) is 39.7 cm³/mol. The third-order valence-electron chi connectivity index (χ3n) is 0.716. The Morgan fingerprint density at radius 3 is 2.43 bits per heavy atom. The quantitative estimate of drug-likeness (QED) is 0.386. The summed E-state index contributed by atoms with van der Waals surface area (Å²) in [4.78, 5) is 0. The van der Waals surface area contributed by atoms with E-state index in [0.717, 1.165) is 10.2 Å². The van der Waals surface area contributed by atoms with E-state index in [1.165, 1.54) is 0 Å². The van der Waals surface area contributed by atoms with Crippen LogP contribution >= 0.6 is 22.6 Å². The maximum Gasteiger partial charge on any atom is 0.101 e. The lowest BCUT2D eigenvalue weighted by Crippen LogP contribution is -1.84. The van der Waals surface area contributed by atoms with Gasteiger partial charge in [0.15, 0.2) is 0 Å². The molecule has 0 unspecified atom stereocenters. The van der Waals surface area contributed by atoms with E-state index in [-0.39, 0.29) is 0 Å². The fourth-order valence-electron chi connectivity index (χ4n) is 0.250. The van der Waals surface area contributed by atoms with Crippen LogP contribution in [0.1, 0.15) is 6.92 Å². The van der Waals surface area contributed by atoms with Gasteiger partial charge in [-0.25, -0.2) is 0 Å². The summed E-state index contributed by atoms with van der Waals surface area (Å²) in [5.74, 6) is 1.04. The lowest BCUT2D eigenvalue weighted by Gasteiger charge is -1.96. The number of hydrogen-bond acceptors (Lipinski definition) is 1. The van der Waals surface area contributed by atoms with Gasteiger partial charge in [-0.15, -0.1) is 0 Å². The fourth-order valence-corrected chi connectivity index (χ4v) is 1.00. The van der Waals surface area contributed by atoms with Crippen LogP contribution < -0.4 is 0 Å². The summed E-state index contributed by atoms with van der Waals surface area (Å²) < 4.78 is 5.87. The summed E-state index contributed by atoms with van der Waals surface area (Å²) in [6.07, 6.45) is 1.96. The van der Waals surface area contributed by atoms with Gasteiger partial charge < -0.3 is 4.74 Å². The molecular formula is C5H9IO. The van der Waals surface area contributed by atoms with Gasteiger partial charge in [-0.05, 0) is 13.0 Å². The van der Waals surface area contributed by atoms with Crippen molar-refractivity contribution in [2.45, 2.75) is 6.92 Å². The second-order valence-electron chi connectivity index (χ2n) is 1.09. The van der Waals surface area contributed by atoms with Crippen LogP contribution in [0.25, 0.3) is 0 Å². The molecule has 0 heterocycles. The SMILES string of the molecule is C/C=C(/CI)OC. The van der Waals surface area contributed by atoms with Gasteiger partial charge in [0, 0.05) is 0 Å². The number of methoxy groups -OCH3 is 1. The van der Waals surface area contributed by atoms with Crippen LogP contribution in [0.3, 0.4) is 0 Å². The molecule has 0 aromatic carbocycles. The monoisotopic (exact) mass is 212 g/mol. The van der Waals surface area contributed by atoms with Crippen molar-refractivity contribution in [2.75, 3.05) is 11.5 Å². The molecule has 0 N–H and O–H groups in total. The van der Waals surface area contributed by atoms with E-state index >= 15 is 0 Å². The Kier molecular flexibility index (Phi) is 4.60. The molecule has 0 aliphatic rings.